The summed E-state index contributed by atoms with van der Waals surface area (Å²) in [7, 11) is 0. The molecule has 112 valence electrons. The minimum atomic E-state index is -0.441. The third-order valence-electron chi connectivity index (χ3n) is 3.26. The Morgan fingerprint density at radius 1 is 1.36 bits per heavy atom. The largest absolute Gasteiger partial charge is 0.462 e. The Morgan fingerprint density at radius 2 is 2.14 bits per heavy atom. The average molecular weight is 317 g/mol. The maximum Gasteiger partial charge on any atom is 0.341 e. The second-order valence-corrected chi connectivity index (χ2v) is 4.93. The first-order valence-electron chi connectivity index (χ1n) is 6.67. The van der Waals surface area contributed by atoms with Gasteiger partial charge in [-0.2, -0.15) is 0 Å². The van der Waals surface area contributed by atoms with Crippen molar-refractivity contribution in [2.24, 2.45) is 0 Å². The molecule has 0 unspecified atom stereocenters. The quantitative estimate of drug-likeness (QED) is 0.572. The molecule has 3 aromatic rings. The SMILES string of the molecule is CCOC(=O)c1c(-c2ncnc(Cl)c2N)[nH]c2ccccc12. The van der Waals surface area contributed by atoms with Crippen molar-refractivity contribution in [2.45, 2.75) is 6.92 Å². The molecule has 3 rings (SSSR count). The van der Waals surface area contributed by atoms with Crippen LogP contribution in [0.3, 0.4) is 0 Å². The zero-order valence-electron chi connectivity index (χ0n) is 11.8. The number of nitrogen functional groups attached to an aromatic ring is 1. The van der Waals surface area contributed by atoms with Crippen LogP contribution in [0.1, 0.15) is 17.3 Å². The topological polar surface area (TPSA) is 93.9 Å². The molecule has 3 N–H and O–H groups in total. The lowest BCUT2D eigenvalue weighted by atomic mass is 10.1. The van der Waals surface area contributed by atoms with Crippen LogP contribution in [0.5, 0.6) is 0 Å². The van der Waals surface area contributed by atoms with Crippen LogP contribution in [-0.4, -0.2) is 27.5 Å². The molecule has 0 spiro atoms. The van der Waals surface area contributed by atoms with Gasteiger partial charge in [0.15, 0.2) is 5.15 Å². The lowest BCUT2D eigenvalue weighted by molar-refractivity contribution is 0.0529. The smallest absolute Gasteiger partial charge is 0.341 e. The number of rotatable bonds is 3. The Bertz CT molecular complexity index is 860. The zero-order chi connectivity index (χ0) is 15.7. The zero-order valence-corrected chi connectivity index (χ0v) is 12.5. The van der Waals surface area contributed by atoms with Crippen LogP contribution in [0.2, 0.25) is 5.15 Å². The number of esters is 1. The number of hydrogen-bond acceptors (Lipinski definition) is 5. The van der Waals surface area contributed by atoms with E-state index in [0.29, 0.717) is 17.0 Å². The van der Waals surface area contributed by atoms with Gasteiger partial charge in [0, 0.05) is 10.9 Å². The third kappa shape index (κ3) is 2.27. The molecule has 0 saturated heterocycles. The van der Waals surface area contributed by atoms with Crippen molar-refractivity contribution in [2.75, 3.05) is 12.3 Å². The van der Waals surface area contributed by atoms with Crippen molar-refractivity contribution in [1.29, 1.82) is 0 Å². The second kappa shape index (κ2) is 5.65. The van der Waals surface area contributed by atoms with Crippen LogP contribution in [0.15, 0.2) is 30.6 Å². The van der Waals surface area contributed by atoms with Gasteiger partial charge >= 0.3 is 5.97 Å². The van der Waals surface area contributed by atoms with Gasteiger partial charge in [0.05, 0.1) is 23.6 Å². The number of carbonyl (C=O) groups is 1. The highest BCUT2D eigenvalue weighted by Crippen LogP contribution is 2.34. The Balaban J connectivity index is 2.31. The van der Waals surface area contributed by atoms with Crippen molar-refractivity contribution in [1.82, 2.24) is 15.0 Å². The van der Waals surface area contributed by atoms with Crippen LogP contribution < -0.4 is 5.73 Å². The van der Waals surface area contributed by atoms with Gasteiger partial charge in [-0.15, -0.1) is 0 Å². The number of hydrogen-bond donors (Lipinski definition) is 2. The summed E-state index contributed by atoms with van der Waals surface area (Å²) in [5, 5.41) is 0.878. The summed E-state index contributed by atoms with van der Waals surface area (Å²) >= 11 is 5.95. The highest BCUT2D eigenvalue weighted by molar-refractivity contribution is 6.32. The van der Waals surface area contributed by atoms with Gasteiger partial charge in [-0.1, -0.05) is 29.8 Å². The van der Waals surface area contributed by atoms with E-state index in [-0.39, 0.29) is 17.4 Å². The number of halogens is 1. The van der Waals surface area contributed by atoms with Gasteiger partial charge in [-0.3, -0.25) is 0 Å². The van der Waals surface area contributed by atoms with E-state index in [9.17, 15) is 4.79 Å². The predicted molar refractivity (Wildman–Crippen MR) is 84.7 cm³/mol. The molecule has 0 fully saturated rings. The molecular weight excluding hydrogens is 304 g/mol. The van der Waals surface area contributed by atoms with E-state index in [1.807, 2.05) is 24.3 Å². The molecular formula is C15H13ClN4O2. The number of H-pyrrole nitrogens is 1. The Hall–Kier alpha value is -2.60. The van der Waals surface area contributed by atoms with E-state index < -0.39 is 5.97 Å². The van der Waals surface area contributed by atoms with E-state index >= 15 is 0 Å². The molecule has 2 heterocycles. The number of aromatic amines is 1. The van der Waals surface area contributed by atoms with Crippen molar-refractivity contribution in [3.63, 3.8) is 0 Å². The number of para-hydroxylation sites is 1. The van der Waals surface area contributed by atoms with Gasteiger partial charge in [0.25, 0.3) is 0 Å². The highest BCUT2D eigenvalue weighted by atomic mass is 35.5. The van der Waals surface area contributed by atoms with Crippen LogP contribution in [0.4, 0.5) is 5.69 Å². The molecule has 0 radical (unpaired) electrons. The van der Waals surface area contributed by atoms with Crippen molar-refractivity contribution in [3.8, 4) is 11.4 Å². The fourth-order valence-electron chi connectivity index (χ4n) is 2.31. The fraction of sp³-hybridized carbons (Fsp3) is 0.133. The maximum atomic E-state index is 12.4. The summed E-state index contributed by atoms with van der Waals surface area (Å²) in [5.41, 5.74) is 8.18. The second-order valence-electron chi connectivity index (χ2n) is 4.57. The molecule has 0 bridgehead atoms. The molecule has 1 aromatic carbocycles. The number of carbonyl (C=O) groups excluding carboxylic acids is 1. The predicted octanol–water partition coefficient (Wildman–Crippen LogP) is 3.04. The van der Waals surface area contributed by atoms with Crippen molar-refractivity contribution in [3.05, 3.63) is 41.3 Å². The number of anilines is 1. The summed E-state index contributed by atoms with van der Waals surface area (Å²) in [6.07, 6.45) is 1.30. The first-order valence-corrected chi connectivity index (χ1v) is 7.05. The highest BCUT2D eigenvalue weighted by Gasteiger charge is 2.23. The lowest BCUT2D eigenvalue weighted by Gasteiger charge is -2.07. The van der Waals surface area contributed by atoms with Gasteiger partial charge in [-0.05, 0) is 13.0 Å². The van der Waals surface area contributed by atoms with Gasteiger partial charge in [-0.25, -0.2) is 14.8 Å². The van der Waals surface area contributed by atoms with Gasteiger partial charge in [0.1, 0.15) is 12.0 Å². The summed E-state index contributed by atoms with van der Waals surface area (Å²) in [5.74, 6) is -0.441. The normalized spacial score (nSPS) is 10.8. The Labute approximate surface area is 131 Å². The minimum absolute atomic E-state index is 0.137. The monoisotopic (exact) mass is 316 g/mol. The lowest BCUT2D eigenvalue weighted by Crippen LogP contribution is -2.07. The molecule has 22 heavy (non-hydrogen) atoms. The standard InChI is InChI=1S/C15H13ClN4O2/c1-2-22-15(21)10-8-5-3-4-6-9(8)20-12(10)13-11(17)14(16)19-7-18-13/h3-7,20H,2,17H2,1H3. The van der Waals surface area contributed by atoms with Crippen molar-refractivity contribution < 1.29 is 9.53 Å². The number of nitrogens with two attached hydrogens (primary N) is 1. The molecule has 0 aliphatic heterocycles. The summed E-state index contributed by atoms with van der Waals surface area (Å²) in [6.45, 7) is 2.03. The number of aromatic nitrogens is 3. The molecule has 0 aliphatic carbocycles. The fourth-order valence-corrected chi connectivity index (χ4v) is 2.44. The average Bonchev–Trinajstić information content (AvgIpc) is 2.89. The molecule has 6 nitrogen and oxygen atoms in total. The maximum absolute atomic E-state index is 12.4. The van der Waals surface area contributed by atoms with E-state index in [4.69, 9.17) is 22.1 Å². The third-order valence-corrected chi connectivity index (χ3v) is 3.56. The van der Waals surface area contributed by atoms with E-state index in [1.165, 1.54) is 6.33 Å². The molecule has 0 aliphatic rings. The number of nitrogens with one attached hydrogen (secondary N) is 1. The Morgan fingerprint density at radius 3 is 2.91 bits per heavy atom. The molecule has 7 heteroatoms. The molecule has 0 amide bonds. The van der Waals surface area contributed by atoms with Crippen LogP contribution in [0.25, 0.3) is 22.3 Å². The molecule has 0 saturated carbocycles. The summed E-state index contributed by atoms with van der Waals surface area (Å²) in [6, 6.07) is 7.41. The molecule has 2 aromatic heterocycles. The summed E-state index contributed by atoms with van der Waals surface area (Å²) < 4.78 is 5.15. The van der Waals surface area contributed by atoms with E-state index in [0.717, 1.165) is 10.9 Å². The first kappa shape index (κ1) is 14.3. The van der Waals surface area contributed by atoms with Crippen LogP contribution in [-0.2, 0) is 4.74 Å². The van der Waals surface area contributed by atoms with Gasteiger partial charge in [0.2, 0.25) is 0 Å². The van der Waals surface area contributed by atoms with Gasteiger partial charge < -0.3 is 15.5 Å². The number of nitrogens with zero attached hydrogens (tertiary/aromatic N) is 2. The first-order chi connectivity index (χ1) is 10.6. The van der Waals surface area contributed by atoms with Crippen molar-refractivity contribution >= 4 is 34.2 Å². The number of fused-ring (bicyclic) bond motifs is 1. The van der Waals surface area contributed by atoms with E-state index in [1.54, 1.807) is 6.92 Å². The number of ether oxygens (including phenoxy) is 1. The minimum Gasteiger partial charge on any atom is -0.462 e. The van der Waals surface area contributed by atoms with Crippen LogP contribution in [0, 0.1) is 0 Å². The van der Waals surface area contributed by atoms with Crippen LogP contribution >= 0.6 is 11.6 Å². The summed E-state index contributed by atoms with van der Waals surface area (Å²) in [4.78, 5) is 23.5. The Kier molecular flexibility index (Phi) is 3.68. The molecule has 0 atom stereocenters. The van der Waals surface area contributed by atoms with E-state index in [2.05, 4.69) is 15.0 Å². The number of benzene rings is 1.